The minimum Gasteiger partial charge on any atom is -0.478 e. The van der Waals surface area contributed by atoms with Crippen molar-refractivity contribution in [2.45, 2.75) is 6.04 Å². The van der Waals surface area contributed by atoms with Gasteiger partial charge in [-0.2, -0.15) is 0 Å². The lowest BCUT2D eigenvalue weighted by molar-refractivity contribution is 0.0696. The lowest BCUT2D eigenvalue weighted by atomic mass is 10.1. The Morgan fingerprint density at radius 2 is 1.81 bits per heavy atom. The number of fused-ring (bicyclic) bond motifs is 1. The van der Waals surface area contributed by atoms with Gasteiger partial charge in [-0.25, -0.2) is 4.79 Å². The molecule has 0 aliphatic carbocycles. The van der Waals surface area contributed by atoms with Gasteiger partial charge in [-0.3, -0.25) is 4.79 Å². The number of aromatic nitrogens is 1. The summed E-state index contributed by atoms with van der Waals surface area (Å²) in [6.45, 7) is -0.339. The molecule has 0 saturated heterocycles. The molecule has 1 atom stereocenters. The van der Waals surface area contributed by atoms with Gasteiger partial charge in [0.05, 0.1) is 28.3 Å². The summed E-state index contributed by atoms with van der Waals surface area (Å²) in [5, 5.41) is 22.8. The number of aromatic carboxylic acids is 1. The number of carboxylic acid groups (broad SMARTS) is 1. The standard InChI is InChI=1S/C19H16Cl2N2O4/c1-23-15-7-6-13(20)17(21)12(15)8-16(23)18(25)22-14(9-24)10-2-4-11(5-3-10)19(26)27/h2-8,14,24H,9H2,1H3,(H,22,25)(H,26,27)/t14-/m1/s1. The highest BCUT2D eigenvalue weighted by Crippen LogP contribution is 2.32. The molecule has 0 saturated carbocycles. The third-order valence-electron chi connectivity index (χ3n) is 4.39. The van der Waals surface area contributed by atoms with Crippen LogP contribution in [0.2, 0.25) is 10.0 Å². The summed E-state index contributed by atoms with van der Waals surface area (Å²) >= 11 is 12.3. The van der Waals surface area contributed by atoms with Crippen molar-refractivity contribution in [1.29, 1.82) is 0 Å². The van der Waals surface area contributed by atoms with E-state index in [9.17, 15) is 14.7 Å². The molecule has 0 bridgehead atoms. The van der Waals surface area contributed by atoms with E-state index in [0.29, 0.717) is 26.7 Å². The molecule has 0 unspecified atom stereocenters. The first-order valence-electron chi connectivity index (χ1n) is 8.02. The van der Waals surface area contributed by atoms with Crippen LogP contribution in [0.15, 0.2) is 42.5 Å². The number of nitrogens with one attached hydrogen (secondary N) is 1. The zero-order chi connectivity index (χ0) is 19.7. The molecule has 2 aromatic carbocycles. The first-order chi connectivity index (χ1) is 12.8. The number of hydrogen-bond acceptors (Lipinski definition) is 3. The molecule has 0 fully saturated rings. The Balaban J connectivity index is 1.89. The molecule has 27 heavy (non-hydrogen) atoms. The molecule has 3 aromatic rings. The van der Waals surface area contributed by atoms with Gasteiger partial charge in [-0.05, 0) is 35.9 Å². The van der Waals surface area contributed by atoms with Gasteiger partial charge in [0.25, 0.3) is 5.91 Å². The van der Waals surface area contributed by atoms with E-state index >= 15 is 0 Å². The van der Waals surface area contributed by atoms with Crippen molar-refractivity contribution in [2.75, 3.05) is 6.61 Å². The summed E-state index contributed by atoms with van der Waals surface area (Å²) in [5.41, 5.74) is 1.83. The number of aliphatic hydroxyl groups excluding tert-OH is 1. The molecule has 0 spiro atoms. The van der Waals surface area contributed by atoms with Crippen LogP contribution in [0.1, 0.15) is 32.5 Å². The Kier molecular flexibility index (Phi) is 5.41. The number of nitrogens with zero attached hydrogens (tertiary/aromatic N) is 1. The lowest BCUT2D eigenvalue weighted by Gasteiger charge is -2.17. The molecule has 3 rings (SSSR count). The Bertz CT molecular complexity index is 1030. The average molecular weight is 407 g/mol. The van der Waals surface area contributed by atoms with E-state index in [1.54, 1.807) is 41.9 Å². The quantitative estimate of drug-likeness (QED) is 0.602. The SMILES string of the molecule is Cn1c(C(=O)N[C@H](CO)c2ccc(C(=O)O)cc2)cc2c(Cl)c(Cl)ccc21. The van der Waals surface area contributed by atoms with Crippen molar-refractivity contribution in [2.24, 2.45) is 7.05 Å². The Labute approximate surface area is 164 Å². The molecule has 3 N–H and O–H groups in total. The van der Waals surface area contributed by atoms with Crippen molar-refractivity contribution in [1.82, 2.24) is 9.88 Å². The fourth-order valence-electron chi connectivity index (χ4n) is 2.89. The lowest BCUT2D eigenvalue weighted by Crippen LogP contribution is -2.32. The summed E-state index contributed by atoms with van der Waals surface area (Å²) in [7, 11) is 1.73. The predicted molar refractivity (Wildman–Crippen MR) is 104 cm³/mol. The summed E-state index contributed by atoms with van der Waals surface area (Å²) in [6.07, 6.45) is 0. The second-order valence-electron chi connectivity index (χ2n) is 6.02. The molecule has 0 radical (unpaired) electrons. The molecular formula is C19H16Cl2N2O4. The number of hydrogen-bond donors (Lipinski definition) is 3. The van der Waals surface area contributed by atoms with Gasteiger partial charge in [0.15, 0.2) is 0 Å². The molecule has 8 heteroatoms. The van der Waals surface area contributed by atoms with Crippen LogP contribution < -0.4 is 5.32 Å². The summed E-state index contributed by atoms with van der Waals surface area (Å²) in [6, 6.07) is 10.4. The number of rotatable bonds is 5. The van der Waals surface area contributed by atoms with Crippen LogP contribution >= 0.6 is 23.2 Å². The molecule has 140 valence electrons. The molecular weight excluding hydrogens is 391 g/mol. The zero-order valence-electron chi connectivity index (χ0n) is 14.2. The van der Waals surface area contributed by atoms with E-state index in [0.717, 1.165) is 5.52 Å². The van der Waals surface area contributed by atoms with Gasteiger partial charge >= 0.3 is 5.97 Å². The first-order valence-corrected chi connectivity index (χ1v) is 8.77. The Morgan fingerprint density at radius 3 is 2.41 bits per heavy atom. The minimum atomic E-state index is -1.04. The maximum atomic E-state index is 12.7. The molecule has 0 aliphatic heterocycles. The maximum Gasteiger partial charge on any atom is 0.335 e. The Hall–Kier alpha value is -2.54. The van der Waals surface area contributed by atoms with Crippen LogP contribution in [0, 0.1) is 0 Å². The van der Waals surface area contributed by atoms with E-state index in [1.165, 1.54) is 12.1 Å². The minimum absolute atomic E-state index is 0.127. The average Bonchev–Trinajstić information content (AvgIpc) is 3.00. The summed E-state index contributed by atoms with van der Waals surface area (Å²) in [5.74, 6) is -1.44. The number of benzene rings is 2. The number of carbonyl (C=O) groups excluding carboxylic acids is 1. The molecule has 1 aromatic heterocycles. The van der Waals surface area contributed by atoms with Gasteiger partial charge in [-0.15, -0.1) is 0 Å². The number of aliphatic hydroxyl groups is 1. The molecule has 0 aliphatic rings. The van der Waals surface area contributed by atoms with Crippen LogP contribution in [0.4, 0.5) is 0 Å². The first kappa shape index (κ1) is 19.2. The molecule has 1 heterocycles. The van der Waals surface area contributed by atoms with Crippen molar-refractivity contribution >= 4 is 46.0 Å². The number of carboxylic acids is 1. The zero-order valence-corrected chi connectivity index (χ0v) is 15.8. The topological polar surface area (TPSA) is 91.6 Å². The highest BCUT2D eigenvalue weighted by molar-refractivity contribution is 6.45. The van der Waals surface area contributed by atoms with Crippen molar-refractivity contribution in [3.8, 4) is 0 Å². The van der Waals surface area contributed by atoms with E-state index in [-0.39, 0.29) is 12.2 Å². The van der Waals surface area contributed by atoms with Gasteiger partial charge < -0.3 is 20.1 Å². The largest absolute Gasteiger partial charge is 0.478 e. The molecule has 6 nitrogen and oxygen atoms in total. The van der Waals surface area contributed by atoms with Crippen molar-refractivity contribution < 1.29 is 19.8 Å². The highest BCUT2D eigenvalue weighted by Gasteiger charge is 2.20. The van der Waals surface area contributed by atoms with Gasteiger partial charge in [0.1, 0.15) is 5.69 Å². The van der Waals surface area contributed by atoms with E-state index in [4.69, 9.17) is 28.3 Å². The summed E-state index contributed by atoms with van der Waals surface area (Å²) < 4.78 is 1.69. The number of halogens is 2. The maximum absolute atomic E-state index is 12.7. The van der Waals surface area contributed by atoms with Gasteiger partial charge in [0.2, 0.25) is 0 Å². The number of amides is 1. The highest BCUT2D eigenvalue weighted by atomic mass is 35.5. The fraction of sp³-hybridized carbons (Fsp3) is 0.158. The van der Waals surface area contributed by atoms with Crippen LogP contribution in [0.25, 0.3) is 10.9 Å². The smallest absolute Gasteiger partial charge is 0.335 e. The van der Waals surface area contributed by atoms with E-state index in [1.807, 2.05) is 0 Å². The van der Waals surface area contributed by atoms with Gasteiger partial charge in [-0.1, -0.05) is 35.3 Å². The van der Waals surface area contributed by atoms with E-state index in [2.05, 4.69) is 5.32 Å². The van der Waals surface area contributed by atoms with Crippen LogP contribution in [-0.4, -0.2) is 33.3 Å². The monoisotopic (exact) mass is 406 g/mol. The Morgan fingerprint density at radius 1 is 1.15 bits per heavy atom. The second-order valence-corrected chi connectivity index (χ2v) is 6.80. The van der Waals surface area contributed by atoms with Crippen molar-refractivity contribution in [3.05, 3.63) is 69.3 Å². The van der Waals surface area contributed by atoms with Gasteiger partial charge in [0, 0.05) is 18.0 Å². The summed E-state index contributed by atoms with van der Waals surface area (Å²) in [4.78, 5) is 23.7. The van der Waals surface area contributed by atoms with Crippen LogP contribution in [0.5, 0.6) is 0 Å². The number of carbonyl (C=O) groups is 2. The van der Waals surface area contributed by atoms with Crippen LogP contribution in [0.3, 0.4) is 0 Å². The predicted octanol–water partition coefficient (Wildman–Crippen LogP) is 3.65. The van der Waals surface area contributed by atoms with Crippen LogP contribution in [-0.2, 0) is 7.05 Å². The normalized spacial score (nSPS) is 12.1. The number of aryl methyl sites for hydroxylation is 1. The fourth-order valence-corrected chi connectivity index (χ4v) is 3.27. The third kappa shape index (κ3) is 3.64. The molecule has 1 amide bonds. The third-order valence-corrected chi connectivity index (χ3v) is 5.21. The second kappa shape index (κ2) is 7.60. The van der Waals surface area contributed by atoms with E-state index < -0.39 is 17.9 Å². The van der Waals surface area contributed by atoms with Crippen molar-refractivity contribution in [3.63, 3.8) is 0 Å².